The predicted molar refractivity (Wildman–Crippen MR) is 104 cm³/mol. The summed E-state index contributed by atoms with van der Waals surface area (Å²) >= 11 is 1.31. The lowest BCUT2D eigenvalue weighted by atomic mass is 10.2. The summed E-state index contributed by atoms with van der Waals surface area (Å²) in [7, 11) is 0. The van der Waals surface area contributed by atoms with Crippen molar-refractivity contribution in [3.05, 3.63) is 99.6 Å². The maximum atomic E-state index is 12.6. The molecule has 0 bridgehead atoms. The van der Waals surface area contributed by atoms with E-state index in [0.717, 1.165) is 4.90 Å². The van der Waals surface area contributed by atoms with Gasteiger partial charge in [0.05, 0.1) is 16.1 Å². The van der Waals surface area contributed by atoms with Crippen LogP contribution in [0.25, 0.3) is 0 Å². The summed E-state index contributed by atoms with van der Waals surface area (Å²) in [6.07, 6.45) is 0. The van der Waals surface area contributed by atoms with E-state index in [1.807, 2.05) is 12.1 Å². The van der Waals surface area contributed by atoms with Crippen molar-refractivity contribution in [2.24, 2.45) is 0 Å². The van der Waals surface area contributed by atoms with E-state index < -0.39 is 10.9 Å². The number of nitro groups is 1. The van der Waals surface area contributed by atoms with Crippen LogP contribution in [0.15, 0.2) is 82.6 Å². The van der Waals surface area contributed by atoms with Crippen molar-refractivity contribution < 1.29 is 14.5 Å². The standard InChI is InChI=1S/C21H14N2O4S/c22-13-16-7-1-3-10-19(16)28-20-11-4-2-9-18(20)21(24)27-14-15-6-5-8-17(12-15)23(25)26/h1-12H,14H2. The van der Waals surface area contributed by atoms with Gasteiger partial charge in [0.2, 0.25) is 0 Å². The van der Waals surface area contributed by atoms with Crippen LogP contribution in [0, 0.1) is 21.4 Å². The second-order valence-corrected chi connectivity index (χ2v) is 6.79. The molecule has 28 heavy (non-hydrogen) atoms. The molecule has 0 aliphatic rings. The highest BCUT2D eigenvalue weighted by Gasteiger charge is 2.15. The summed E-state index contributed by atoms with van der Waals surface area (Å²) in [5.74, 6) is -0.538. The Bertz CT molecular complexity index is 1080. The van der Waals surface area contributed by atoms with E-state index in [1.54, 1.807) is 48.5 Å². The van der Waals surface area contributed by atoms with Gasteiger partial charge in [0.15, 0.2) is 0 Å². The predicted octanol–water partition coefficient (Wildman–Crippen LogP) is 4.97. The lowest BCUT2D eigenvalue weighted by Gasteiger charge is -2.10. The van der Waals surface area contributed by atoms with Gasteiger partial charge in [-0.25, -0.2) is 4.79 Å². The molecule has 3 aromatic rings. The van der Waals surface area contributed by atoms with Crippen LogP contribution in [0.3, 0.4) is 0 Å². The SMILES string of the molecule is N#Cc1ccccc1Sc1ccccc1C(=O)OCc1cccc([N+](=O)[O-])c1. The zero-order chi connectivity index (χ0) is 19.9. The van der Waals surface area contributed by atoms with Crippen molar-refractivity contribution in [3.8, 4) is 6.07 Å². The normalized spacial score (nSPS) is 10.1. The Labute approximate surface area is 165 Å². The third-order valence-electron chi connectivity index (χ3n) is 3.83. The Hall–Kier alpha value is -3.63. The Morgan fingerprint density at radius 2 is 1.75 bits per heavy atom. The summed E-state index contributed by atoms with van der Waals surface area (Å²) in [6.45, 7) is -0.0751. The summed E-state index contributed by atoms with van der Waals surface area (Å²) < 4.78 is 5.34. The van der Waals surface area contributed by atoms with Crippen LogP contribution in [-0.4, -0.2) is 10.9 Å². The summed E-state index contributed by atoms with van der Waals surface area (Å²) in [4.78, 5) is 24.3. The molecule has 0 atom stereocenters. The molecule has 0 saturated carbocycles. The molecular weight excluding hydrogens is 376 g/mol. The molecule has 3 rings (SSSR count). The summed E-state index contributed by atoms with van der Waals surface area (Å²) in [5, 5.41) is 20.1. The van der Waals surface area contributed by atoms with Crippen LogP contribution in [0.1, 0.15) is 21.5 Å². The molecule has 6 nitrogen and oxygen atoms in total. The van der Waals surface area contributed by atoms with Gasteiger partial charge in [0.1, 0.15) is 12.7 Å². The van der Waals surface area contributed by atoms with E-state index in [2.05, 4.69) is 6.07 Å². The number of rotatable bonds is 6. The number of nitro benzene ring substituents is 1. The monoisotopic (exact) mass is 390 g/mol. The van der Waals surface area contributed by atoms with Crippen molar-refractivity contribution in [2.75, 3.05) is 0 Å². The zero-order valence-corrected chi connectivity index (χ0v) is 15.4. The quantitative estimate of drug-likeness (QED) is 0.335. The van der Waals surface area contributed by atoms with Gasteiger partial charge >= 0.3 is 5.97 Å². The van der Waals surface area contributed by atoms with E-state index in [4.69, 9.17) is 4.74 Å². The van der Waals surface area contributed by atoms with Crippen LogP contribution < -0.4 is 0 Å². The Morgan fingerprint density at radius 3 is 2.50 bits per heavy atom. The van der Waals surface area contributed by atoms with Crippen LogP contribution in [-0.2, 0) is 11.3 Å². The molecule has 0 fully saturated rings. The molecule has 7 heteroatoms. The number of esters is 1. The second-order valence-electron chi connectivity index (χ2n) is 5.71. The Kier molecular flexibility index (Phi) is 6.04. The molecule has 0 aliphatic carbocycles. The fourth-order valence-electron chi connectivity index (χ4n) is 2.48. The number of nitrogens with zero attached hydrogens (tertiary/aromatic N) is 2. The van der Waals surface area contributed by atoms with Gasteiger partial charge in [-0.1, -0.05) is 48.2 Å². The van der Waals surface area contributed by atoms with Crippen LogP contribution in [0.5, 0.6) is 0 Å². The van der Waals surface area contributed by atoms with Gasteiger partial charge in [-0.05, 0) is 29.8 Å². The van der Waals surface area contributed by atoms with Crippen molar-refractivity contribution in [2.45, 2.75) is 16.4 Å². The first-order chi connectivity index (χ1) is 13.6. The molecule has 0 aliphatic heterocycles. The smallest absolute Gasteiger partial charge is 0.339 e. The van der Waals surface area contributed by atoms with Crippen molar-refractivity contribution >= 4 is 23.4 Å². The number of hydrogen-bond acceptors (Lipinski definition) is 6. The molecule has 0 saturated heterocycles. The minimum atomic E-state index is -0.538. The summed E-state index contributed by atoms with van der Waals surface area (Å²) in [6, 6.07) is 22.2. The van der Waals surface area contributed by atoms with Gasteiger partial charge in [-0.3, -0.25) is 10.1 Å². The average molecular weight is 390 g/mol. The van der Waals surface area contributed by atoms with E-state index in [9.17, 15) is 20.2 Å². The minimum absolute atomic E-state index is 0.0578. The maximum Gasteiger partial charge on any atom is 0.339 e. The van der Waals surface area contributed by atoms with Crippen LogP contribution in [0.2, 0.25) is 0 Å². The van der Waals surface area contributed by atoms with Gasteiger partial charge < -0.3 is 4.74 Å². The Balaban J connectivity index is 1.77. The molecule has 0 radical (unpaired) electrons. The van der Waals surface area contributed by atoms with E-state index in [-0.39, 0.29) is 12.3 Å². The molecular formula is C21H14N2O4S. The largest absolute Gasteiger partial charge is 0.457 e. The number of carbonyl (C=O) groups is 1. The third kappa shape index (κ3) is 4.55. The van der Waals surface area contributed by atoms with E-state index in [1.165, 1.54) is 23.9 Å². The fourth-order valence-corrected chi connectivity index (χ4v) is 3.49. The van der Waals surface area contributed by atoms with Crippen molar-refractivity contribution in [1.82, 2.24) is 0 Å². The third-order valence-corrected chi connectivity index (χ3v) is 4.98. The number of non-ortho nitro benzene ring substituents is 1. The van der Waals surface area contributed by atoms with Gasteiger partial charge in [-0.15, -0.1) is 0 Å². The van der Waals surface area contributed by atoms with Gasteiger partial charge in [0.25, 0.3) is 5.69 Å². The maximum absolute atomic E-state index is 12.6. The molecule has 138 valence electrons. The first kappa shape index (κ1) is 19.1. The highest BCUT2D eigenvalue weighted by molar-refractivity contribution is 7.99. The molecule has 3 aromatic carbocycles. The molecule has 0 amide bonds. The topological polar surface area (TPSA) is 93.2 Å². The number of benzene rings is 3. The second kappa shape index (κ2) is 8.84. The number of hydrogen-bond donors (Lipinski definition) is 0. The lowest BCUT2D eigenvalue weighted by molar-refractivity contribution is -0.384. The number of ether oxygens (including phenoxy) is 1. The zero-order valence-electron chi connectivity index (χ0n) is 14.6. The first-order valence-electron chi connectivity index (χ1n) is 8.25. The average Bonchev–Trinajstić information content (AvgIpc) is 2.73. The first-order valence-corrected chi connectivity index (χ1v) is 9.06. The molecule has 0 aromatic heterocycles. The number of nitriles is 1. The fraction of sp³-hybridized carbons (Fsp3) is 0.0476. The van der Waals surface area contributed by atoms with Crippen LogP contribution >= 0.6 is 11.8 Å². The number of carbonyl (C=O) groups excluding carboxylic acids is 1. The van der Waals surface area contributed by atoms with Crippen molar-refractivity contribution in [3.63, 3.8) is 0 Å². The molecule has 0 N–H and O–H groups in total. The highest BCUT2D eigenvalue weighted by Crippen LogP contribution is 2.33. The van der Waals surface area contributed by atoms with Crippen molar-refractivity contribution in [1.29, 1.82) is 5.26 Å². The Morgan fingerprint density at radius 1 is 1.04 bits per heavy atom. The van der Waals surface area contributed by atoms with E-state index in [0.29, 0.717) is 21.6 Å². The van der Waals surface area contributed by atoms with Crippen LogP contribution in [0.4, 0.5) is 5.69 Å². The molecule has 0 spiro atoms. The minimum Gasteiger partial charge on any atom is -0.457 e. The molecule has 0 unspecified atom stereocenters. The van der Waals surface area contributed by atoms with Gasteiger partial charge in [-0.2, -0.15) is 5.26 Å². The molecule has 0 heterocycles. The highest BCUT2D eigenvalue weighted by atomic mass is 32.2. The summed E-state index contributed by atoms with van der Waals surface area (Å²) in [5.41, 5.74) is 1.36. The van der Waals surface area contributed by atoms with Gasteiger partial charge in [0, 0.05) is 21.9 Å². The lowest BCUT2D eigenvalue weighted by Crippen LogP contribution is -2.07. The van der Waals surface area contributed by atoms with E-state index >= 15 is 0 Å².